The van der Waals surface area contributed by atoms with Crippen molar-refractivity contribution in [1.29, 1.82) is 0 Å². The Labute approximate surface area is 163 Å². The highest BCUT2D eigenvalue weighted by Gasteiger charge is 2.54. The number of carbonyl (C=O) groups is 1. The van der Waals surface area contributed by atoms with Crippen molar-refractivity contribution in [2.24, 2.45) is 5.41 Å². The van der Waals surface area contributed by atoms with E-state index in [0.717, 1.165) is 32.2 Å². The second-order valence-electron chi connectivity index (χ2n) is 8.47. The van der Waals surface area contributed by atoms with Crippen molar-refractivity contribution >= 4 is 5.91 Å². The third-order valence-electron chi connectivity index (χ3n) is 6.50. The molecule has 3 fully saturated rings. The average Bonchev–Trinajstić information content (AvgIpc) is 3.28. The summed E-state index contributed by atoms with van der Waals surface area (Å²) in [6.45, 7) is 1.41. The summed E-state index contributed by atoms with van der Waals surface area (Å²) in [7, 11) is 0. The van der Waals surface area contributed by atoms with Crippen molar-refractivity contribution in [1.82, 2.24) is 4.90 Å². The number of rotatable bonds is 4. The fraction of sp³-hybridized carbons (Fsp3) is 0.435. The molecule has 1 amide bonds. The van der Waals surface area contributed by atoms with Gasteiger partial charge in [0.05, 0.1) is 6.61 Å². The van der Waals surface area contributed by atoms with E-state index in [4.69, 9.17) is 4.74 Å². The summed E-state index contributed by atoms with van der Waals surface area (Å²) in [5.74, 6) is -0.648. The lowest BCUT2D eigenvalue weighted by Gasteiger charge is -2.33. The van der Waals surface area contributed by atoms with E-state index >= 15 is 4.39 Å². The smallest absolute Gasteiger partial charge is 0.252 e. The third-order valence-corrected chi connectivity index (χ3v) is 6.50. The van der Waals surface area contributed by atoms with Gasteiger partial charge in [-0.1, -0.05) is 30.3 Å². The summed E-state index contributed by atoms with van der Waals surface area (Å²) in [5, 5.41) is 0. The summed E-state index contributed by atoms with van der Waals surface area (Å²) in [4.78, 5) is 14.8. The van der Waals surface area contributed by atoms with Crippen LogP contribution in [0, 0.1) is 17.0 Å². The Hall–Kier alpha value is -2.27. The maximum absolute atomic E-state index is 15.3. The Morgan fingerprint density at radius 3 is 2.64 bits per heavy atom. The van der Waals surface area contributed by atoms with Crippen molar-refractivity contribution in [3.63, 3.8) is 0 Å². The molecule has 0 N–H and O–H groups in total. The highest BCUT2D eigenvalue weighted by Crippen LogP contribution is 2.55. The van der Waals surface area contributed by atoms with Crippen LogP contribution in [0.15, 0.2) is 42.5 Å². The molecule has 5 rings (SSSR count). The van der Waals surface area contributed by atoms with Gasteiger partial charge in [-0.3, -0.25) is 4.79 Å². The lowest BCUT2D eigenvalue weighted by Crippen LogP contribution is -2.48. The van der Waals surface area contributed by atoms with Gasteiger partial charge in [-0.15, -0.1) is 0 Å². The molecule has 0 radical (unpaired) electrons. The molecule has 1 aliphatic carbocycles. The van der Waals surface area contributed by atoms with E-state index in [-0.39, 0.29) is 35.1 Å². The van der Waals surface area contributed by atoms with Crippen LogP contribution in [0.25, 0.3) is 11.1 Å². The summed E-state index contributed by atoms with van der Waals surface area (Å²) in [6, 6.07) is 11.3. The second-order valence-corrected chi connectivity index (χ2v) is 8.47. The zero-order valence-electron chi connectivity index (χ0n) is 15.7. The fourth-order valence-electron chi connectivity index (χ4n) is 4.63. The Balaban J connectivity index is 1.42. The van der Waals surface area contributed by atoms with Gasteiger partial charge in [-0.25, -0.2) is 8.78 Å². The minimum absolute atomic E-state index is 0.00328. The predicted octanol–water partition coefficient (Wildman–Crippen LogP) is 4.34. The number of hydrogen-bond acceptors (Lipinski definition) is 2. The molecule has 2 saturated heterocycles. The van der Waals surface area contributed by atoms with E-state index in [0.29, 0.717) is 29.7 Å². The Bertz CT molecular complexity index is 921. The zero-order valence-corrected chi connectivity index (χ0v) is 15.7. The molecule has 0 aromatic heterocycles. The number of benzene rings is 2. The Morgan fingerprint density at radius 1 is 1.18 bits per heavy atom. The topological polar surface area (TPSA) is 29.5 Å². The highest BCUT2D eigenvalue weighted by molar-refractivity contribution is 5.82. The predicted molar refractivity (Wildman–Crippen MR) is 102 cm³/mol. The van der Waals surface area contributed by atoms with Crippen LogP contribution in [0.2, 0.25) is 0 Å². The van der Waals surface area contributed by atoms with Crippen molar-refractivity contribution in [2.45, 2.75) is 44.2 Å². The van der Waals surface area contributed by atoms with Gasteiger partial charge in [0.25, 0.3) is 5.91 Å². The maximum atomic E-state index is 15.3. The van der Waals surface area contributed by atoms with Crippen molar-refractivity contribution < 1.29 is 18.3 Å². The summed E-state index contributed by atoms with van der Waals surface area (Å²) >= 11 is 0. The van der Waals surface area contributed by atoms with Gasteiger partial charge in [0.2, 0.25) is 0 Å². The molecule has 2 heterocycles. The highest BCUT2D eigenvalue weighted by atomic mass is 19.1. The second kappa shape index (κ2) is 6.66. The van der Waals surface area contributed by atoms with Crippen LogP contribution in [-0.2, 0) is 16.0 Å². The van der Waals surface area contributed by atoms with E-state index < -0.39 is 0 Å². The van der Waals surface area contributed by atoms with Crippen LogP contribution in [-0.4, -0.2) is 36.1 Å². The number of carbonyl (C=O) groups excluding carboxylic acids is 1. The minimum atomic E-state index is -0.383. The Kier molecular flexibility index (Phi) is 4.23. The quantitative estimate of drug-likeness (QED) is 0.786. The number of amides is 1. The molecular weight excluding hydrogens is 360 g/mol. The lowest BCUT2D eigenvalue weighted by atomic mass is 9.95. The van der Waals surface area contributed by atoms with Gasteiger partial charge in [-0.2, -0.15) is 0 Å². The maximum Gasteiger partial charge on any atom is 0.252 e. The molecule has 2 atom stereocenters. The fourth-order valence-corrected chi connectivity index (χ4v) is 4.63. The molecule has 5 heteroatoms. The number of nitrogens with zero attached hydrogens (tertiary/aromatic N) is 1. The number of hydrogen-bond donors (Lipinski definition) is 0. The molecule has 3 nitrogen and oxygen atoms in total. The summed E-state index contributed by atoms with van der Waals surface area (Å²) in [6.07, 6.45) is 4.15. The van der Waals surface area contributed by atoms with Gasteiger partial charge in [-0.05, 0) is 54.4 Å². The molecule has 2 aromatic carbocycles. The molecule has 0 bridgehead atoms. The first-order valence-corrected chi connectivity index (χ1v) is 10.0. The summed E-state index contributed by atoms with van der Waals surface area (Å²) in [5.41, 5.74) is 1.74. The van der Waals surface area contributed by atoms with Gasteiger partial charge >= 0.3 is 0 Å². The first kappa shape index (κ1) is 17.8. The van der Waals surface area contributed by atoms with Gasteiger partial charge in [0.1, 0.15) is 17.7 Å². The van der Waals surface area contributed by atoms with Crippen LogP contribution < -0.4 is 0 Å². The molecule has 3 aliphatic rings. The molecule has 1 spiro atoms. The largest absolute Gasteiger partial charge is 0.368 e. The van der Waals surface area contributed by atoms with E-state index in [1.165, 1.54) is 12.1 Å². The van der Waals surface area contributed by atoms with Crippen molar-refractivity contribution in [3.8, 4) is 11.1 Å². The van der Waals surface area contributed by atoms with Crippen LogP contribution in [0.4, 0.5) is 8.78 Å². The zero-order chi connectivity index (χ0) is 19.3. The molecule has 2 aromatic rings. The molecule has 2 aliphatic heterocycles. The SMILES string of the molecule is O=C(C1CCO1)N1CC2(CC2)C[C@@H]1Cc1cccc(-c2cccc(F)c2)c1F. The van der Waals surface area contributed by atoms with Crippen molar-refractivity contribution in [3.05, 3.63) is 59.7 Å². The first-order valence-electron chi connectivity index (χ1n) is 10.0. The van der Waals surface area contributed by atoms with Crippen LogP contribution in [0.3, 0.4) is 0 Å². The Morgan fingerprint density at radius 2 is 1.96 bits per heavy atom. The van der Waals surface area contributed by atoms with E-state index in [2.05, 4.69) is 0 Å². The van der Waals surface area contributed by atoms with E-state index in [9.17, 15) is 9.18 Å². The van der Waals surface area contributed by atoms with Crippen molar-refractivity contribution in [2.75, 3.05) is 13.2 Å². The third kappa shape index (κ3) is 3.12. The first-order chi connectivity index (χ1) is 13.5. The molecule has 1 saturated carbocycles. The normalized spacial score (nSPS) is 25.0. The minimum Gasteiger partial charge on any atom is -0.368 e. The summed E-state index contributed by atoms with van der Waals surface area (Å²) < 4.78 is 34.2. The van der Waals surface area contributed by atoms with Gasteiger partial charge < -0.3 is 9.64 Å². The number of halogens is 2. The van der Waals surface area contributed by atoms with Crippen LogP contribution in [0.1, 0.15) is 31.2 Å². The van der Waals surface area contributed by atoms with E-state index in [1.807, 2.05) is 11.0 Å². The molecule has 146 valence electrons. The molecular formula is C23H23F2NO2. The monoisotopic (exact) mass is 383 g/mol. The average molecular weight is 383 g/mol. The number of likely N-dealkylation sites (tertiary alicyclic amines) is 1. The molecule has 1 unspecified atom stereocenters. The molecule has 28 heavy (non-hydrogen) atoms. The van der Waals surface area contributed by atoms with Gasteiger partial charge in [0, 0.05) is 24.6 Å². The standard InChI is InChI=1S/C23H23F2NO2/c24-17-5-1-3-15(11-17)19-6-2-4-16(21(19)25)12-18-13-23(8-9-23)14-26(18)22(27)20-7-10-28-20/h1-6,11,18,20H,7-10,12-14H2/t18-,20?/m0/s1. The van der Waals surface area contributed by atoms with Crippen LogP contribution >= 0.6 is 0 Å². The van der Waals surface area contributed by atoms with Crippen LogP contribution in [0.5, 0.6) is 0 Å². The number of ether oxygens (including phenoxy) is 1. The van der Waals surface area contributed by atoms with Gasteiger partial charge in [0.15, 0.2) is 0 Å². The van der Waals surface area contributed by atoms with E-state index in [1.54, 1.807) is 24.3 Å². The lowest BCUT2D eigenvalue weighted by molar-refractivity contribution is -0.157.